The molecule has 5 nitrogen and oxygen atoms in total. The summed E-state index contributed by atoms with van der Waals surface area (Å²) in [6, 6.07) is 9.85. The minimum Gasteiger partial charge on any atom is -0.492 e. The maximum Gasteiger partial charge on any atom is 0.119 e. The highest BCUT2D eigenvalue weighted by atomic mass is 16.5. The minimum absolute atomic E-state index is 0.108. The Kier molecular flexibility index (Phi) is 4.94. The molecule has 0 spiro atoms. The Morgan fingerprint density at radius 3 is 2.79 bits per heavy atom. The van der Waals surface area contributed by atoms with Crippen molar-refractivity contribution >= 4 is 0 Å². The van der Waals surface area contributed by atoms with Crippen molar-refractivity contribution in [2.45, 2.75) is 18.9 Å². The van der Waals surface area contributed by atoms with Gasteiger partial charge in [-0.3, -0.25) is 11.3 Å². The Morgan fingerprint density at radius 1 is 1.37 bits per heavy atom. The molecule has 1 atom stereocenters. The van der Waals surface area contributed by atoms with Crippen molar-refractivity contribution < 1.29 is 4.74 Å². The van der Waals surface area contributed by atoms with Crippen molar-refractivity contribution in [3.05, 3.63) is 48.5 Å². The van der Waals surface area contributed by atoms with Crippen molar-refractivity contribution in [2.24, 2.45) is 12.9 Å². The van der Waals surface area contributed by atoms with Crippen molar-refractivity contribution in [3.63, 3.8) is 0 Å². The number of aryl methyl sites for hydroxylation is 2. The molecule has 1 heterocycles. The van der Waals surface area contributed by atoms with Gasteiger partial charge in [0.2, 0.25) is 0 Å². The molecule has 1 aromatic heterocycles. The molecule has 0 saturated carbocycles. The first kappa shape index (κ1) is 13.6. The summed E-state index contributed by atoms with van der Waals surface area (Å²) in [5.74, 6) is 7.47. The van der Waals surface area contributed by atoms with Gasteiger partial charge in [-0.2, -0.15) is 0 Å². The molecule has 0 aliphatic carbocycles. The zero-order valence-electron chi connectivity index (χ0n) is 11.1. The van der Waals surface area contributed by atoms with Crippen molar-refractivity contribution in [1.82, 2.24) is 15.0 Å². The Balaban J connectivity index is 1.79. The molecule has 5 heteroatoms. The first-order chi connectivity index (χ1) is 9.29. The number of hydrazine groups is 1. The highest BCUT2D eigenvalue weighted by Gasteiger charge is 2.09. The number of aromatic nitrogens is 2. The van der Waals surface area contributed by atoms with Gasteiger partial charge in [-0.1, -0.05) is 18.2 Å². The highest BCUT2D eigenvalue weighted by Crippen LogP contribution is 2.10. The molecule has 0 amide bonds. The van der Waals surface area contributed by atoms with E-state index in [4.69, 9.17) is 10.6 Å². The second kappa shape index (κ2) is 6.92. The number of hydrogen-bond acceptors (Lipinski definition) is 4. The molecule has 0 radical (unpaired) electrons. The van der Waals surface area contributed by atoms with Crippen LogP contribution in [0.3, 0.4) is 0 Å². The van der Waals surface area contributed by atoms with Gasteiger partial charge in [0.15, 0.2) is 0 Å². The van der Waals surface area contributed by atoms with E-state index in [0.717, 1.165) is 24.4 Å². The van der Waals surface area contributed by atoms with Crippen LogP contribution in [0.25, 0.3) is 0 Å². The van der Waals surface area contributed by atoms with Gasteiger partial charge < -0.3 is 9.30 Å². The fourth-order valence-corrected chi connectivity index (χ4v) is 1.87. The molecule has 0 bridgehead atoms. The van der Waals surface area contributed by atoms with Crippen LogP contribution in [0.2, 0.25) is 0 Å². The molecule has 1 aromatic carbocycles. The van der Waals surface area contributed by atoms with Gasteiger partial charge in [-0.25, -0.2) is 4.98 Å². The quantitative estimate of drug-likeness (QED) is 0.581. The summed E-state index contributed by atoms with van der Waals surface area (Å²) in [5, 5.41) is 0. The number of ether oxygens (including phenoxy) is 1. The Hall–Kier alpha value is -1.85. The lowest BCUT2D eigenvalue weighted by atomic mass is 10.1. The summed E-state index contributed by atoms with van der Waals surface area (Å²) in [5.41, 5.74) is 2.79. The number of hydrogen-bond donors (Lipinski definition) is 2. The summed E-state index contributed by atoms with van der Waals surface area (Å²) in [6.45, 7) is 0.547. The zero-order chi connectivity index (χ0) is 13.5. The zero-order valence-corrected chi connectivity index (χ0v) is 11.1. The minimum atomic E-state index is 0.108. The predicted molar refractivity (Wildman–Crippen MR) is 74.6 cm³/mol. The first-order valence-corrected chi connectivity index (χ1v) is 6.40. The van der Waals surface area contributed by atoms with Crippen LogP contribution in [-0.2, 0) is 13.5 Å². The second-order valence-electron chi connectivity index (χ2n) is 4.48. The van der Waals surface area contributed by atoms with Gasteiger partial charge in [0.05, 0.1) is 6.04 Å². The molecule has 102 valence electrons. The third kappa shape index (κ3) is 4.08. The summed E-state index contributed by atoms with van der Waals surface area (Å²) in [6.07, 6.45) is 5.51. The largest absolute Gasteiger partial charge is 0.492 e. The van der Waals surface area contributed by atoms with Crippen LogP contribution in [0.15, 0.2) is 42.7 Å². The molecule has 1 unspecified atom stereocenters. The number of para-hydroxylation sites is 1. The standard InChI is InChI=1S/C14H20N4O/c1-18-10-9-16-14(18)8-7-12(17-15)11-19-13-5-3-2-4-6-13/h2-6,9-10,12,17H,7-8,11,15H2,1H3. The predicted octanol–water partition coefficient (Wildman–Crippen LogP) is 1.26. The number of nitrogens with two attached hydrogens (primary N) is 1. The van der Waals surface area contributed by atoms with Crippen LogP contribution in [0.4, 0.5) is 0 Å². The third-order valence-corrected chi connectivity index (χ3v) is 3.07. The third-order valence-electron chi connectivity index (χ3n) is 3.07. The molecular formula is C14H20N4O. The normalized spacial score (nSPS) is 12.3. The van der Waals surface area contributed by atoms with Crippen LogP contribution in [0.1, 0.15) is 12.2 Å². The summed E-state index contributed by atoms with van der Waals surface area (Å²) in [4.78, 5) is 4.29. The average Bonchev–Trinajstić information content (AvgIpc) is 2.86. The number of imidazole rings is 1. The lowest BCUT2D eigenvalue weighted by Gasteiger charge is -2.16. The monoisotopic (exact) mass is 260 g/mol. The van der Waals surface area contributed by atoms with Gasteiger partial charge in [0, 0.05) is 25.9 Å². The van der Waals surface area contributed by atoms with Gasteiger partial charge in [-0.15, -0.1) is 0 Å². The lowest BCUT2D eigenvalue weighted by Crippen LogP contribution is -2.40. The van der Waals surface area contributed by atoms with E-state index in [-0.39, 0.29) is 6.04 Å². The maximum absolute atomic E-state index is 5.69. The van der Waals surface area contributed by atoms with Crippen LogP contribution < -0.4 is 16.0 Å². The molecule has 0 saturated heterocycles. The lowest BCUT2D eigenvalue weighted by molar-refractivity contribution is 0.257. The van der Waals surface area contributed by atoms with E-state index in [1.165, 1.54) is 0 Å². The Bertz CT molecular complexity index is 483. The van der Waals surface area contributed by atoms with E-state index in [0.29, 0.717) is 6.61 Å². The van der Waals surface area contributed by atoms with E-state index in [2.05, 4.69) is 10.4 Å². The van der Waals surface area contributed by atoms with Gasteiger partial charge >= 0.3 is 0 Å². The fourth-order valence-electron chi connectivity index (χ4n) is 1.87. The molecule has 2 rings (SSSR count). The van der Waals surface area contributed by atoms with Crippen LogP contribution in [0, 0.1) is 0 Å². The van der Waals surface area contributed by atoms with Gasteiger partial charge in [-0.05, 0) is 18.6 Å². The second-order valence-corrected chi connectivity index (χ2v) is 4.48. The van der Waals surface area contributed by atoms with Gasteiger partial charge in [0.25, 0.3) is 0 Å². The first-order valence-electron chi connectivity index (χ1n) is 6.40. The molecule has 0 fully saturated rings. The van der Waals surface area contributed by atoms with E-state index >= 15 is 0 Å². The SMILES string of the molecule is Cn1ccnc1CCC(COc1ccccc1)NN. The average molecular weight is 260 g/mol. The molecule has 3 N–H and O–H groups in total. The van der Waals surface area contributed by atoms with Crippen molar-refractivity contribution in [2.75, 3.05) is 6.61 Å². The van der Waals surface area contributed by atoms with Crippen molar-refractivity contribution in [1.29, 1.82) is 0 Å². The number of rotatable bonds is 7. The number of nitrogens with one attached hydrogen (secondary N) is 1. The van der Waals surface area contributed by atoms with E-state index in [9.17, 15) is 0 Å². The maximum atomic E-state index is 5.69. The fraction of sp³-hybridized carbons (Fsp3) is 0.357. The molecule has 2 aromatic rings. The number of nitrogens with zero attached hydrogens (tertiary/aromatic N) is 2. The van der Waals surface area contributed by atoms with Gasteiger partial charge in [0.1, 0.15) is 18.2 Å². The Morgan fingerprint density at radius 2 is 2.16 bits per heavy atom. The van der Waals surface area contributed by atoms with E-state index in [1.54, 1.807) is 6.20 Å². The van der Waals surface area contributed by atoms with Crippen LogP contribution in [-0.4, -0.2) is 22.2 Å². The van der Waals surface area contributed by atoms with Crippen molar-refractivity contribution in [3.8, 4) is 5.75 Å². The topological polar surface area (TPSA) is 65.1 Å². The molecule has 0 aliphatic heterocycles. The molecule has 0 aliphatic rings. The molecular weight excluding hydrogens is 240 g/mol. The van der Waals surface area contributed by atoms with Crippen LogP contribution in [0.5, 0.6) is 5.75 Å². The summed E-state index contributed by atoms with van der Waals surface area (Å²) in [7, 11) is 1.99. The summed E-state index contributed by atoms with van der Waals surface area (Å²) >= 11 is 0. The molecule has 19 heavy (non-hydrogen) atoms. The summed E-state index contributed by atoms with van der Waals surface area (Å²) < 4.78 is 7.71. The van der Waals surface area contributed by atoms with E-state index in [1.807, 2.05) is 48.1 Å². The van der Waals surface area contributed by atoms with Crippen LogP contribution >= 0.6 is 0 Å². The smallest absolute Gasteiger partial charge is 0.119 e. The Labute approximate surface area is 113 Å². The number of benzene rings is 1. The van der Waals surface area contributed by atoms with E-state index < -0.39 is 0 Å². The highest BCUT2D eigenvalue weighted by molar-refractivity contribution is 5.20.